The monoisotopic (exact) mass is 374 g/mol. The molecule has 7 heteroatoms. The number of nitrogens with zero attached hydrogens (tertiary/aromatic N) is 1. The van der Waals surface area contributed by atoms with Gasteiger partial charge in [-0.25, -0.2) is 0 Å². The third kappa shape index (κ3) is 5.77. The second-order valence-electron chi connectivity index (χ2n) is 6.87. The van der Waals surface area contributed by atoms with E-state index in [4.69, 9.17) is 9.47 Å². The van der Waals surface area contributed by atoms with Gasteiger partial charge in [-0.3, -0.25) is 9.79 Å². The number of nitrogens with one attached hydrogen (secondary N) is 3. The first-order valence-corrected chi connectivity index (χ1v) is 9.99. The van der Waals surface area contributed by atoms with Crippen LogP contribution in [0.2, 0.25) is 0 Å². The molecule has 1 aromatic rings. The molecule has 7 nitrogen and oxygen atoms in total. The molecule has 1 fully saturated rings. The Morgan fingerprint density at radius 1 is 1.15 bits per heavy atom. The summed E-state index contributed by atoms with van der Waals surface area (Å²) in [4.78, 5) is 16.4. The van der Waals surface area contributed by atoms with Crippen molar-refractivity contribution in [3.8, 4) is 11.5 Å². The lowest BCUT2D eigenvalue weighted by atomic mass is 9.85. The number of aliphatic imine (C=N–C) groups is 1. The molecule has 3 rings (SSSR count). The molecule has 0 atom stereocenters. The molecule has 0 saturated heterocycles. The van der Waals surface area contributed by atoms with E-state index in [1.54, 1.807) is 0 Å². The lowest BCUT2D eigenvalue weighted by molar-refractivity contribution is -0.127. The highest BCUT2D eigenvalue weighted by Gasteiger charge is 2.24. The predicted octanol–water partition coefficient (Wildman–Crippen LogP) is 2.53. The number of carbonyl (C=O) groups is 1. The summed E-state index contributed by atoms with van der Waals surface area (Å²) >= 11 is 0. The van der Waals surface area contributed by atoms with Crippen molar-refractivity contribution in [1.82, 2.24) is 10.6 Å². The average molecular weight is 374 g/mol. The van der Waals surface area contributed by atoms with Crippen molar-refractivity contribution in [3.05, 3.63) is 18.2 Å². The lowest BCUT2D eigenvalue weighted by Gasteiger charge is -2.23. The summed E-state index contributed by atoms with van der Waals surface area (Å²) in [5.41, 5.74) is 0.900. The second kappa shape index (κ2) is 10.0. The molecule has 148 valence electrons. The van der Waals surface area contributed by atoms with E-state index in [1.165, 1.54) is 6.42 Å². The van der Waals surface area contributed by atoms with Crippen LogP contribution in [0.4, 0.5) is 5.69 Å². The summed E-state index contributed by atoms with van der Waals surface area (Å²) in [5, 5.41) is 9.54. The van der Waals surface area contributed by atoms with Crippen LogP contribution in [0.15, 0.2) is 23.2 Å². The average Bonchev–Trinajstić information content (AvgIpc) is 2.85. The summed E-state index contributed by atoms with van der Waals surface area (Å²) in [6.07, 6.45) is 4.96. The smallest absolute Gasteiger partial charge is 0.223 e. The van der Waals surface area contributed by atoms with Crippen molar-refractivity contribution >= 4 is 17.6 Å². The maximum absolute atomic E-state index is 11.8. The van der Waals surface area contributed by atoms with Crippen LogP contribution in [-0.2, 0) is 4.79 Å². The van der Waals surface area contributed by atoms with Gasteiger partial charge in [-0.1, -0.05) is 6.42 Å². The molecular weight excluding hydrogens is 344 g/mol. The number of guanidine groups is 1. The minimum absolute atomic E-state index is 0.197. The summed E-state index contributed by atoms with van der Waals surface area (Å²) < 4.78 is 11.4. The van der Waals surface area contributed by atoms with Crippen molar-refractivity contribution < 1.29 is 14.3 Å². The highest BCUT2D eigenvalue weighted by Crippen LogP contribution is 2.32. The Balaban J connectivity index is 1.48. The van der Waals surface area contributed by atoms with Gasteiger partial charge in [0.15, 0.2) is 17.5 Å². The fourth-order valence-corrected chi connectivity index (χ4v) is 2.98. The number of hydrogen-bond acceptors (Lipinski definition) is 4. The number of rotatable bonds is 7. The van der Waals surface area contributed by atoms with E-state index < -0.39 is 0 Å². The number of amides is 1. The number of benzene rings is 1. The van der Waals surface area contributed by atoms with Gasteiger partial charge < -0.3 is 25.4 Å². The van der Waals surface area contributed by atoms with Crippen molar-refractivity contribution in [2.24, 2.45) is 10.9 Å². The van der Waals surface area contributed by atoms with Crippen LogP contribution in [0, 0.1) is 5.92 Å². The molecule has 0 bridgehead atoms. The quantitative estimate of drug-likeness (QED) is 0.388. The van der Waals surface area contributed by atoms with Gasteiger partial charge in [0.25, 0.3) is 0 Å². The Labute approximate surface area is 160 Å². The predicted molar refractivity (Wildman–Crippen MR) is 107 cm³/mol. The van der Waals surface area contributed by atoms with E-state index in [0.717, 1.165) is 55.4 Å². The highest BCUT2D eigenvalue weighted by molar-refractivity contribution is 5.93. The van der Waals surface area contributed by atoms with Gasteiger partial charge in [-0.2, -0.15) is 0 Å². The maximum atomic E-state index is 11.8. The largest absolute Gasteiger partial charge is 0.490 e. The van der Waals surface area contributed by atoms with Crippen molar-refractivity contribution in [3.63, 3.8) is 0 Å². The van der Waals surface area contributed by atoms with E-state index >= 15 is 0 Å². The van der Waals surface area contributed by atoms with Gasteiger partial charge >= 0.3 is 0 Å². The van der Waals surface area contributed by atoms with Gasteiger partial charge in [-0.15, -0.1) is 0 Å². The molecule has 1 saturated carbocycles. The zero-order valence-electron chi connectivity index (χ0n) is 16.1. The minimum Gasteiger partial charge on any atom is -0.490 e. The third-order valence-corrected chi connectivity index (χ3v) is 4.73. The van der Waals surface area contributed by atoms with Gasteiger partial charge in [0.05, 0.1) is 13.2 Å². The third-order valence-electron chi connectivity index (χ3n) is 4.73. The van der Waals surface area contributed by atoms with Crippen LogP contribution in [0.25, 0.3) is 0 Å². The number of fused-ring (bicyclic) bond motifs is 1. The SMILES string of the molecule is CCNC(=NCCCNC(=O)C1CCC1)Nc1ccc2c(c1)OCCCO2. The Kier molecular flexibility index (Phi) is 7.19. The van der Waals surface area contributed by atoms with E-state index in [9.17, 15) is 4.79 Å². The van der Waals surface area contributed by atoms with Crippen molar-refractivity contribution in [2.75, 3.05) is 38.2 Å². The molecule has 3 N–H and O–H groups in total. The first-order chi connectivity index (χ1) is 13.3. The number of anilines is 1. The van der Waals surface area contributed by atoms with Crippen molar-refractivity contribution in [2.45, 2.75) is 39.0 Å². The van der Waals surface area contributed by atoms with Crippen molar-refractivity contribution in [1.29, 1.82) is 0 Å². The first-order valence-electron chi connectivity index (χ1n) is 9.99. The first kappa shape index (κ1) is 19.3. The highest BCUT2D eigenvalue weighted by atomic mass is 16.5. The summed E-state index contributed by atoms with van der Waals surface area (Å²) in [5.74, 6) is 2.70. The molecule has 1 amide bonds. The van der Waals surface area contributed by atoms with Crippen LogP contribution in [0.5, 0.6) is 11.5 Å². The molecule has 0 aromatic heterocycles. The molecular formula is C20H30N4O3. The van der Waals surface area contributed by atoms with Crippen LogP contribution < -0.4 is 25.4 Å². The van der Waals surface area contributed by atoms with Gasteiger partial charge in [0.2, 0.25) is 5.91 Å². The van der Waals surface area contributed by atoms with E-state index in [-0.39, 0.29) is 11.8 Å². The Morgan fingerprint density at radius 3 is 2.70 bits per heavy atom. The van der Waals surface area contributed by atoms with E-state index in [0.29, 0.717) is 26.3 Å². The van der Waals surface area contributed by atoms with Gasteiger partial charge in [0, 0.05) is 43.7 Å². The zero-order valence-corrected chi connectivity index (χ0v) is 16.1. The fourth-order valence-electron chi connectivity index (χ4n) is 2.98. The summed E-state index contributed by atoms with van der Waals surface area (Å²) in [7, 11) is 0. The fraction of sp³-hybridized carbons (Fsp3) is 0.600. The minimum atomic E-state index is 0.197. The standard InChI is InChI=1S/C20H30N4O3/c1-2-21-20(23-11-4-10-22-19(25)15-6-3-7-15)24-16-8-9-17-18(14-16)27-13-5-12-26-17/h8-9,14-15H,2-7,10-13H2,1H3,(H,22,25)(H2,21,23,24). The molecule has 0 unspecified atom stereocenters. The molecule has 0 spiro atoms. The van der Waals surface area contributed by atoms with E-state index in [1.807, 2.05) is 25.1 Å². The molecule has 1 heterocycles. The second-order valence-corrected chi connectivity index (χ2v) is 6.87. The Morgan fingerprint density at radius 2 is 1.96 bits per heavy atom. The van der Waals surface area contributed by atoms with Gasteiger partial charge in [-0.05, 0) is 38.3 Å². The van der Waals surface area contributed by atoms with Crippen LogP contribution in [0.3, 0.4) is 0 Å². The van der Waals surface area contributed by atoms with E-state index in [2.05, 4.69) is 20.9 Å². The Hall–Kier alpha value is -2.44. The van der Waals surface area contributed by atoms with Crippen LogP contribution >= 0.6 is 0 Å². The molecule has 0 radical (unpaired) electrons. The normalized spacial score (nSPS) is 16.9. The molecule has 1 aliphatic carbocycles. The molecule has 27 heavy (non-hydrogen) atoms. The Bertz CT molecular complexity index is 659. The maximum Gasteiger partial charge on any atom is 0.223 e. The summed E-state index contributed by atoms with van der Waals surface area (Å²) in [6, 6.07) is 5.81. The van der Waals surface area contributed by atoms with Crippen LogP contribution in [-0.4, -0.2) is 44.7 Å². The topological polar surface area (TPSA) is 84.0 Å². The lowest BCUT2D eigenvalue weighted by Crippen LogP contribution is -2.35. The molecule has 1 aliphatic heterocycles. The molecule has 2 aliphatic rings. The van der Waals surface area contributed by atoms with Gasteiger partial charge in [0.1, 0.15) is 0 Å². The number of hydrogen-bond donors (Lipinski definition) is 3. The summed E-state index contributed by atoms with van der Waals surface area (Å²) in [6.45, 7) is 5.46. The molecule has 1 aromatic carbocycles. The van der Waals surface area contributed by atoms with Crippen LogP contribution in [0.1, 0.15) is 39.0 Å². The number of ether oxygens (including phenoxy) is 2. The number of carbonyl (C=O) groups excluding carboxylic acids is 1. The zero-order chi connectivity index (χ0) is 18.9.